The molecule has 0 fully saturated rings. The molecule has 11 heteroatoms. The van der Waals surface area contributed by atoms with Crippen LogP contribution in [-0.2, 0) is 22.8 Å². The molecule has 9 nitrogen and oxygen atoms in total. The van der Waals surface area contributed by atoms with Gasteiger partial charge in [0.1, 0.15) is 10.9 Å². The van der Waals surface area contributed by atoms with Gasteiger partial charge in [0.25, 0.3) is 0 Å². The zero-order chi connectivity index (χ0) is 21.7. The number of fused-ring (bicyclic) bond motifs is 1. The SMILES string of the molecule is CCN/C=C\C(=N)S(N)(=O)=NC(=O)Nc1c(-c2ccncc2F)cnc2c1CCC2. The summed E-state index contributed by atoms with van der Waals surface area (Å²) in [7, 11) is -3.74. The Balaban J connectivity index is 1.97. The fourth-order valence-electron chi connectivity index (χ4n) is 3.10. The molecule has 1 atom stereocenters. The third-order valence-electron chi connectivity index (χ3n) is 4.49. The molecule has 0 spiro atoms. The van der Waals surface area contributed by atoms with Crippen molar-refractivity contribution in [3.63, 3.8) is 0 Å². The lowest BCUT2D eigenvalue weighted by molar-refractivity contribution is 0.260. The maximum Gasteiger partial charge on any atom is 0.354 e. The van der Waals surface area contributed by atoms with E-state index in [2.05, 4.69) is 25.0 Å². The second-order valence-corrected chi connectivity index (χ2v) is 8.29. The summed E-state index contributed by atoms with van der Waals surface area (Å²) in [5.74, 6) is -0.567. The van der Waals surface area contributed by atoms with Gasteiger partial charge in [-0.25, -0.2) is 18.5 Å². The van der Waals surface area contributed by atoms with Crippen LogP contribution in [0.4, 0.5) is 14.9 Å². The number of carbonyl (C=O) groups excluding carboxylic acids is 1. The van der Waals surface area contributed by atoms with E-state index in [0.717, 1.165) is 30.3 Å². The number of pyridine rings is 2. The second-order valence-electron chi connectivity index (χ2n) is 6.53. The molecule has 0 aliphatic heterocycles. The molecule has 0 aromatic carbocycles. The van der Waals surface area contributed by atoms with Gasteiger partial charge in [-0.15, -0.1) is 4.36 Å². The number of hydrogen-bond acceptors (Lipinski definition) is 6. The Hall–Kier alpha value is -3.18. The molecule has 5 N–H and O–H groups in total. The van der Waals surface area contributed by atoms with E-state index in [-0.39, 0.29) is 5.56 Å². The van der Waals surface area contributed by atoms with Crippen molar-refractivity contribution in [1.82, 2.24) is 15.3 Å². The molecule has 1 aliphatic rings. The summed E-state index contributed by atoms with van der Waals surface area (Å²) >= 11 is 0. The van der Waals surface area contributed by atoms with Crippen LogP contribution in [0.5, 0.6) is 0 Å². The molecule has 1 unspecified atom stereocenters. The van der Waals surface area contributed by atoms with Gasteiger partial charge >= 0.3 is 6.03 Å². The largest absolute Gasteiger partial charge is 0.391 e. The van der Waals surface area contributed by atoms with Crippen LogP contribution < -0.4 is 15.8 Å². The van der Waals surface area contributed by atoms with E-state index < -0.39 is 26.8 Å². The maximum absolute atomic E-state index is 14.3. The van der Waals surface area contributed by atoms with Gasteiger partial charge in [0.05, 0.1) is 11.9 Å². The molecule has 3 rings (SSSR count). The number of urea groups is 1. The number of hydrogen-bond donors (Lipinski definition) is 4. The summed E-state index contributed by atoms with van der Waals surface area (Å²) in [6, 6.07) is 0.494. The number of halogens is 1. The topological polar surface area (TPSA) is 146 Å². The van der Waals surface area contributed by atoms with Gasteiger partial charge in [0.15, 0.2) is 9.92 Å². The number of aromatic nitrogens is 2. The molecule has 2 amide bonds. The molecular weight excluding hydrogens is 409 g/mol. The van der Waals surface area contributed by atoms with Gasteiger partial charge in [-0.2, -0.15) is 0 Å². The molecule has 2 aromatic heterocycles. The highest BCUT2D eigenvalue weighted by Crippen LogP contribution is 2.37. The Labute approximate surface area is 173 Å². The standard InChI is InChI=1S/C19H22FN7O2S/c1-2-23-9-7-17(21)30(22,29)27-19(28)26-18-13-4-3-5-16(13)25-10-14(18)12-6-8-24-11-15(12)20/h6-11,21,23H,2-5H2,1H3,(H3,22,25,26,27,28,29)/b9-7-,21-17?. The van der Waals surface area contributed by atoms with E-state index in [1.807, 2.05) is 6.92 Å². The van der Waals surface area contributed by atoms with Crippen molar-refractivity contribution in [2.24, 2.45) is 9.50 Å². The van der Waals surface area contributed by atoms with E-state index in [4.69, 9.17) is 10.5 Å². The first-order valence-corrected chi connectivity index (χ1v) is 10.9. The fraction of sp³-hybridized carbons (Fsp3) is 0.263. The van der Waals surface area contributed by atoms with Gasteiger partial charge < -0.3 is 10.6 Å². The van der Waals surface area contributed by atoms with Crippen LogP contribution in [0.2, 0.25) is 0 Å². The first-order valence-electron chi connectivity index (χ1n) is 9.28. The van der Waals surface area contributed by atoms with Gasteiger partial charge in [0.2, 0.25) is 0 Å². The molecule has 158 valence electrons. The zero-order valence-corrected chi connectivity index (χ0v) is 17.1. The summed E-state index contributed by atoms with van der Waals surface area (Å²) < 4.78 is 30.3. The first kappa shape index (κ1) is 21.5. The van der Waals surface area contributed by atoms with Gasteiger partial charge in [-0.1, -0.05) is 0 Å². The third kappa shape index (κ3) is 4.69. The monoisotopic (exact) mass is 431 g/mol. The van der Waals surface area contributed by atoms with E-state index in [0.29, 0.717) is 24.2 Å². The van der Waals surface area contributed by atoms with Crippen molar-refractivity contribution in [2.75, 3.05) is 11.9 Å². The number of anilines is 1. The molecule has 2 heterocycles. The van der Waals surface area contributed by atoms with Gasteiger partial charge in [0, 0.05) is 35.8 Å². The fourth-order valence-corrected chi connectivity index (χ4v) is 3.76. The van der Waals surface area contributed by atoms with Crippen LogP contribution >= 0.6 is 0 Å². The van der Waals surface area contributed by atoms with Crippen LogP contribution in [0.25, 0.3) is 11.1 Å². The van der Waals surface area contributed by atoms with Gasteiger partial charge in [-0.05, 0) is 50.1 Å². The van der Waals surface area contributed by atoms with Crippen LogP contribution in [0.15, 0.2) is 41.3 Å². The predicted octanol–water partition coefficient (Wildman–Crippen LogP) is 2.75. The summed E-state index contributed by atoms with van der Waals surface area (Å²) in [6.07, 6.45) is 8.82. The van der Waals surface area contributed by atoms with Gasteiger partial charge in [-0.3, -0.25) is 15.4 Å². The lowest BCUT2D eigenvalue weighted by Crippen LogP contribution is -2.24. The van der Waals surface area contributed by atoms with Crippen molar-refractivity contribution in [2.45, 2.75) is 26.2 Å². The van der Waals surface area contributed by atoms with Crippen molar-refractivity contribution in [1.29, 1.82) is 5.41 Å². The Morgan fingerprint density at radius 2 is 2.20 bits per heavy atom. The lowest BCUT2D eigenvalue weighted by atomic mass is 10.0. The smallest absolute Gasteiger partial charge is 0.354 e. The quantitative estimate of drug-likeness (QED) is 0.425. The average Bonchev–Trinajstić information content (AvgIpc) is 3.18. The molecule has 0 saturated heterocycles. The van der Waals surface area contributed by atoms with Crippen molar-refractivity contribution in [3.05, 3.63) is 54.0 Å². The minimum absolute atomic E-state index is 0.220. The van der Waals surface area contributed by atoms with Crippen LogP contribution in [0.1, 0.15) is 24.6 Å². The van der Waals surface area contributed by atoms with Crippen LogP contribution in [0, 0.1) is 11.2 Å². The average molecular weight is 431 g/mol. The molecule has 0 bridgehead atoms. The third-order valence-corrected chi connectivity index (χ3v) is 5.70. The van der Waals surface area contributed by atoms with Crippen molar-refractivity contribution in [3.8, 4) is 11.1 Å². The Bertz CT molecular complexity index is 1140. The van der Waals surface area contributed by atoms with E-state index in [1.165, 1.54) is 30.7 Å². The Morgan fingerprint density at radius 3 is 2.93 bits per heavy atom. The van der Waals surface area contributed by atoms with Crippen molar-refractivity contribution >= 4 is 26.7 Å². The number of nitrogens with two attached hydrogens (primary N) is 1. The lowest BCUT2D eigenvalue weighted by Gasteiger charge is -2.15. The number of aryl methyl sites for hydroxylation is 1. The van der Waals surface area contributed by atoms with E-state index in [1.54, 1.807) is 0 Å². The molecule has 2 aromatic rings. The number of carbonyl (C=O) groups is 1. The predicted molar refractivity (Wildman–Crippen MR) is 114 cm³/mol. The zero-order valence-electron chi connectivity index (χ0n) is 16.3. The molecule has 30 heavy (non-hydrogen) atoms. The molecule has 1 aliphatic carbocycles. The minimum Gasteiger partial charge on any atom is -0.391 e. The normalized spacial score (nSPS) is 14.8. The summed E-state index contributed by atoms with van der Waals surface area (Å²) in [5, 5.41) is 18.3. The molecule has 0 radical (unpaired) electrons. The Kier molecular flexibility index (Phi) is 6.53. The Morgan fingerprint density at radius 1 is 1.40 bits per heavy atom. The van der Waals surface area contributed by atoms with Crippen LogP contribution in [0.3, 0.4) is 0 Å². The number of rotatable bonds is 5. The first-order chi connectivity index (χ1) is 14.3. The maximum atomic E-state index is 14.3. The van der Waals surface area contributed by atoms with Crippen molar-refractivity contribution < 1.29 is 13.4 Å². The number of nitrogens with zero attached hydrogens (tertiary/aromatic N) is 3. The second kappa shape index (κ2) is 9.09. The highest BCUT2D eigenvalue weighted by molar-refractivity contribution is 8.06. The minimum atomic E-state index is -3.74. The number of amides is 2. The molecular formula is C19H22FN7O2S. The highest BCUT2D eigenvalue weighted by Gasteiger charge is 2.23. The summed E-state index contributed by atoms with van der Waals surface area (Å²) in [4.78, 5) is 20.7. The summed E-state index contributed by atoms with van der Waals surface area (Å²) in [6.45, 7) is 2.45. The van der Waals surface area contributed by atoms with E-state index >= 15 is 0 Å². The highest BCUT2D eigenvalue weighted by atomic mass is 32.2. The van der Waals surface area contributed by atoms with E-state index in [9.17, 15) is 13.4 Å². The van der Waals surface area contributed by atoms with Crippen LogP contribution in [-0.4, -0.2) is 31.8 Å². The number of nitrogens with one attached hydrogen (secondary N) is 3. The molecule has 0 saturated carbocycles. The summed E-state index contributed by atoms with van der Waals surface area (Å²) in [5.41, 5.74) is 2.51.